The van der Waals surface area contributed by atoms with Gasteiger partial charge in [-0.05, 0) is 18.6 Å². The molecule has 1 aromatic rings. The van der Waals surface area contributed by atoms with Gasteiger partial charge in [-0.2, -0.15) is 8.42 Å². The Hall–Kier alpha value is -1.93. The molecule has 3 rings (SSSR count). The molecule has 2 aliphatic rings. The highest BCUT2D eigenvalue weighted by Gasteiger charge is 2.44. The lowest BCUT2D eigenvalue weighted by atomic mass is 10.0. The number of aliphatic carboxylic acids is 1. The Morgan fingerprint density at radius 1 is 1.40 bits per heavy atom. The molecule has 1 aromatic carbocycles. The second-order valence-electron chi connectivity index (χ2n) is 5.02. The molecule has 0 aliphatic carbocycles. The summed E-state index contributed by atoms with van der Waals surface area (Å²) in [6.45, 7) is 0.413. The van der Waals surface area contributed by atoms with Gasteiger partial charge in [0.1, 0.15) is 10.4 Å². The first kappa shape index (κ1) is 13.1. The van der Waals surface area contributed by atoms with E-state index in [1.807, 2.05) is 0 Å². The summed E-state index contributed by atoms with van der Waals surface area (Å²) < 4.78 is 27.7. The van der Waals surface area contributed by atoms with E-state index in [2.05, 4.69) is 4.40 Å². The molecular weight excluding hydrogens is 282 g/mol. The molecule has 2 aliphatic heterocycles. The van der Waals surface area contributed by atoms with Gasteiger partial charge in [0.25, 0.3) is 10.0 Å². The summed E-state index contributed by atoms with van der Waals surface area (Å²) in [5.74, 6) is -0.802. The molecule has 0 saturated carbocycles. The molecule has 1 fully saturated rings. The number of benzene rings is 1. The summed E-state index contributed by atoms with van der Waals surface area (Å²) in [6, 6.07) is 6.50. The fraction of sp³-hybridized carbons (Fsp3) is 0.333. The van der Waals surface area contributed by atoms with Gasteiger partial charge in [-0.15, -0.1) is 4.40 Å². The molecule has 8 heteroatoms. The minimum absolute atomic E-state index is 0.0466. The highest BCUT2D eigenvalue weighted by molar-refractivity contribution is 7.90. The second-order valence-corrected chi connectivity index (χ2v) is 6.59. The number of carboxylic acids is 1. The summed E-state index contributed by atoms with van der Waals surface area (Å²) in [6.07, 6.45) is 0.254. The summed E-state index contributed by atoms with van der Waals surface area (Å²) in [7, 11) is -3.69. The van der Waals surface area contributed by atoms with Crippen molar-refractivity contribution in [2.24, 2.45) is 10.1 Å². The molecule has 0 radical (unpaired) electrons. The van der Waals surface area contributed by atoms with Gasteiger partial charge in [0, 0.05) is 18.7 Å². The maximum atomic E-state index is 12.0. The zero-order chi connectivity index (χ0) is 14.5. The lowest BCUT2D eigenvalue weighted by molar-refractivity contribution is -0.142. The number of carbonyl (C=O) groups is 1. The van der Waals surface area contributed by atoms with E-state index in [1.165, 1.54) is 6.07 Å². The van der Waals surface area contributed by atoms with Crippen LogP contribution >= 0.6 is 0 Å². The van der Waals surface area contributed by atoms with Crippen LogP contribution in [-0.2, 0) is 14.8 Å². The number of hydrogen-bond acceptors (Lipinski definition) is 5. The Morgan fingerprint density at radius 2 is 2.10 bits per heavy atom. The van der Waals surface area contributed by atoms with Gasteiger partial charge in [0.05, 0.1) is 0 Å². The third kappa shape index (κ3) is 1.80. The first-order chi connectivity index (χ1) is 9.33. The van der Waals surface area contributed by atoms with Crippen LogP contribution in [0, 0.1) is 0 Å². The topological polar surface area (TPSA) is 113 Å². The van der Waals surface area contributed by atoms with Crippen molar-refractivity contribution in [1.82, 2.24) is 4.90 Å². The zero-order valence-electron chi connectivity index (χ0n) is 10.5. The van der Waals surface area contributed by atoms with Crippen LogP contribution in [0.5, 0.6) is 0 Å². The third-order valence-corrected chi connectivity index (χ3v) is 4.96. The summed E-state index contributed by atoms with van der Waals surface area (Å²) >= 11 is 0. The summed E-state index contributed by atoms with van der Waals surface area (Å²) in [5, 5.41) is 9.12. The number of hydrogen-bond donors (Lipinski definition) is 2. The molecule has 20 heavy (non-hydrogen) atoms. The average Bonchev–Trinajstić information content (AvgIpc) is 2.91. The van der Waals surface area contributed by atoms with E-state index in [0.717, 1.165) is 0 Å². The summed E-state index contributed by atoms with van der Waals surface area (Å²) in [4.78, 5) is 12.9. The standard InChI is InChI=1S/C12H13N3O4S/c13-12(11(16)17)5-6-15(7-12)10-8-3-1-2-4-9(8)20(18,19)14-10/h1-4H,5-7,13H2,(H,16,17). The molecule has 0 amide bonds. The smallest absolute Gasteiger partial charge is 0.325 e. The maximum Gasteiger partial charge on any atom is 0.325 e. The van der Waals surface area contributed by atoms with Crippen LogP contribution in [-0.4, -0.2) is 48.9 Å². The highest BCUT2D eigenvalue weighted by Crippen LogP contribution is 2.30. The first-order valence-corrected chi connectivity index (χ1v) is 7.49. The molecule has 106 valence electrons. The van der Waals surface area contributed by atoms with Gasteiger partial charge < -0.3 is 15.7 Å². The highest BCUT2D eigenvalue weighted by atomic mass is 32.2. The Morgan fingerprint density at radius 3 is 2.75 bits per heavy atom. The van der Waals surface area contributed by atoms with Crippen LogP contribution in [0.3, 0.4) is 0 Å². The Kier molecular flexibility index (Phi) is 2.63. The predicted molar refractivity (Wildman–Crippen MR) is 70.9 cm³/mol. The van der Waals surface area contributed by atoms with E-state index >= 15 is 0 Å². The minimum Gasteiger partial charge on any atom is -0.480 e. The maximum absolute atomic E-state index is 12.0. The van der Waals surface area contributed by atoms with Crippen LogP contribution in [0.15, 0.2) is 33.6 Å². The van der Waals surface area contributed by atoms with Crippen molar-refractivity contribution in [3.8, 4) is 0 Å². The van der Waals surface area contributed by atoms with Crippen LogP contribution < -0.4 is 5.73 Å². The van der Waals surface area contributed by atoms with Crippen molar-refractivity contribution in [3.63, 3.8) is 0 Å². The van der Waals surface area contributed by atoms with Crippen molar-refractivity contribution in [3.05, 3.63) is 29.8 Å². The number of rotatable bonds is 1. The Labute approximate surface area is 115 Å². The van der Waals surface area contributed by atoms with E-state index in [4.69, 9.17) is 10.8 Å². The lowest BCUT2D eigenvalue weighted by Crippen LogP contribution is -2.50. The largest absolute Gasteiger partial charge is 0.480 e. The molecule has 3 N–H and O–H groups in total. The van der Waals surface area contributed by atoms with Crippen molar-refractivity contribution < 1.29 is 18.3 Å². The molecule has 0 spiro atoms. The van der Waals surface area contributed by atoms with Gasteiger partial charge in [0.15, 0.2) is 5.84 Å². The van der Waals surface area contributed by atoms with Crippen LogP contribution in [0.4, 0.5) is 0 Å². The number of carboxylic acid groups (broad SMARTS) is 1. The molecule has 0 aromatic heterocycles. The average molecular weight is 295 g/mol. The van der Waals surface area contributed by atoms with E-state index in [9.17, 15) is 13.2 Å². The van der Waals surface area contributed by atoms with Gasteiger partial charge in [0.2, 0.25) is 0 Å². The van der Waals surface area contributed by atoms with Crippen LogP contribution in [0.1, 0.15) is 12.0 Å². The van der Waals surface area contributed by atoms with E-state index < -0.39 is 21.5 Å². The zero-order valence-corrected chi connectivity index (χ0v) is 11.3. The monoisotopic (exact) mass is 295 g/mol. The van der Waals surface area contributed by atoms with Crippen molar-refractivity contribution in [1.29, 1.82) is 0 Å². The quantitative estimate of drug-likeness (QED) is 0.730. The SMILES string of the molecule is NC1(C(=O)O)CCN(C2=NS(=O)(=O)c3ccccc32)C1. The Balaban J connectivity index is 2.00. The number of nitrogens with two attached hydrogens (primary N) is 1. The number of likely N-dealkylation sites (tertiary alicyclic amines) is 1. The molecule has 1 atom stereocenters. The Bertz CT molecular complexity index is 728. The fourth-order valence-corrected chi connectivity index (χ4v) is 3.73. The molecule has 1 unspecified atom stereocenters. The predicted octanol–water partition coefficient (Wildman–Crippen LogP) is -0.377. The van der Waals surface area contributed by atoms with Gasteiger partial charge in [-0.25, -0.2) is 0 Å². The van der Waals surface area contributed by atoms with Crippen molar-refractivity contribution in [2.45, 2.75) is 16.9 Å². The van der Waals surface area contributed by atoms with Gasteiger partial charge in [-0.3, -0.25) is 4.79 Å². The van der Waals surface area contributed by atoms with E-state index in [0.29, 0.717) is 12.1 Å². The number of nitrogens with zero attached hydrogens (tertiary/aromatic N) is 2. The lowest BCUT2D eigenvalue weighted by Gasteiger charge is -2.21. The van der Waals surface area contributed by atoms with Crippen LogP contribution in [0.2, 0.25) is 0 Å². The van der Waals surface area contributed by atoms with Crippen molar-refractivity contribution >= 4 is 21.8 Å². The normalized spacial score (nSPS) is 27.2. The van der Waals surface area contributed by atoms with Crippen LogP contribution in [0.25, 0.3) is 0 Å². The van der Waals surface area contributed by atoms with Crippen molar-refractivity contribution in [2.75, 3.05) is 13.1 Å². The van der Waals surface area contributed by atoms with Gasteiger partial charge >= 0.3 is 5.97 Å². The molecule has 7 nitrogen and oxygen atoms in total. The van der Waals surface area contributed by atoms with E-state index in [1.54, 1.807) is 23.1 Å². The third-order valence-electron chi connectivity index (χ3n) is 3.64. The van der Waals surface area contributed by atoms with E-state index in [-0.39, 0.29) is 23.7 Å². The molecule has 2 heterocycles. The first-order valence-electron chi connectivity index (χ1n) is 6.05. The molecule has 1 saturated heterocycles. The fourth-order valence-electron chi connectivity index (χ4n) is 2.51. The molecule has 0 bridgehead atoms. The minimum atomic E-state index is -3.69. The second kappa shape index (κ2) is 4.03. The number of sulfonamides is 1. The molecular formula is C12H13N3O4S. The summed E-state index contributed by atoms with van der Waals surface area (Å²) in [5.41, 5.74) is 4.95. The number of amidine groups is 1. The van der Waals surface area contributed by atoms with Gasteiger partial charge in [-0.1, -0.05) is 12.1 Å². The number of fused-ring (bicyclic) bond motifs is 1.